The average molecular weight is 227 g/mol. The zero-order valence-electron chi connectivity index (χ0n) is 11.0. The van der Waals surface area contributed by atoms with E-state index in [2.05, 4.69) is 19.2 Å². The monoisotopic (exact) mass is 227 g/mol. The Bertz CT molecular complexity index is 228. The molecule has 1 saturated carbocycles. The molecule has 0 radical (unpaired) electrons. The van der Waals surface area contributed by atoms with Crippen LogP contribution in [0.3, 0.4) is 0 Å². The highest BCUT2D eigenvalue weighted by molar-refractivity contribution is 5.71. The SMILES string of the molecule is CC(C)NCC(=O)OC1CCC(C)C(C)C1. The third kappa shape index (κ3) is 4.52. The Morgan fingerprint density at radius 2 is 2.00 bits per heavy atom. The fraction of sp³-hybridized carbons (Fsp3) is 0.923. The first-order valence-electron chi connectivity index (χ1n) is 6.42. The number of carbonyl (C=O) groups is 1. The van der Waals surface area contributed by atoms with Crippen LogP contribution in [0, 0.1) is 11.8 Å². The van der Waals surface area contributed by atoms with Gasteiger partial charge in [-0.1, -0.05) is 27.7 Å². The average Bonchev–Trinajstić information content (AvgIpc) is 2.21. The topological polar surface area (TPSA) is 38.3 Å². The lowest BCUT2D eigenvalue weighted by atomic mass is 9.80. The van der Waals surface area contributed by atoms with Crippen molar-refractivity contribution in [3.63, 3.8) is 0 Å². The van der Waals surface area contributed by atoms with Crippen LogP contribution in [-0.2, 0) is 9.53 Å². The second kappa shape index (κ2) is 6.24. The van der Waals surface area contributed by atoms with Gasteiger partial charge in [-0.2, -0.15) is 0 Å². The maximum Gasteiger partial charge on any atom is 0.320 e. The van der Waals surface area contributed by atoms with Crippen LogP contribution in [0.2, 0.25) is 0 Å². The van der Waals surface area contributed by atoms with Crippen LogP contribution in [0.4, 0.5) is 0 Å². The Labute approximate surface area is 98.9 Å². The molecule has 1 aliphatic carbocycles. The summed E-state index contributed by atoms with van der Waals surface area (Å²) in [6.45, 7) is 8.91. The molecule has 0 amide bonds. The van der Waals surface area contributed by atoms with Gasteiger partial charge in [0.15, 0.2) is 0 Å². The first-order valence-corrected chi connectivity index (χ1v) is 6.42. The van der Waals surface area contributed by atoms with E-state index in [-0.39, 0.29) is 12.1 Å². The molecule has 3 unspecified atom stereocenters. The maximum atomic E-state index is 11.5. The van der Waals surface area contributed by atoms with Crippen LogP contribution in [0.25, 0.3) is 0 Å². The van der Waals surface area contributed by atoms with Crippen molar-refractivity contribution in [1.82, 2.24) is 5.32 Å². The van der Waals surface area contributed by atoms with Crippen LogP contribution >= 0.6 is 0 Å². The third-order valence-corrected chi connectivity index (χ3v) is 3.50. The summed E-state index contributed by atoms with van der Waals surface area (Å²) in [5.41, 5.74) is 0. The number of hydrogen-bond acceptors (Lipinski definition) is 3. The largest absolute Gasteiger partial charge is 0.461 e. The van der Waals surface area contributed by atoms with Crippen LogP contribution in [0.5, 0.6) is 0 Å². The summed E-state index contributed by atoms with van der Waals surface area (Å²) in [7, 11) is 0. The zero-order valence-corrected chi connectivity index (χ0v) is 11.0. The molecule has 94 valence electrons. The number of ether oxygens (including phenoxy) is 1. The number of nitrogens with one attached hydrogen (secondary N) is 1. The number of esters is 1. The summed E-state index contributed by atoms with van der Waals surface area (Å²) in [5.74, 6) is 1.33. The number of hydrogen-bond donors (Lipinski definition) is 1. The molecule has 0 aromatic carbocycles. The highest BCUT2D eigenvalue weighted by Gasteiger charge is 2.26. The lowest BCUT2D eigenvalue weighted by Crippen LogP contribution is -2.34. The molecule has 3 nitrogen and oxygen atoms in total. The van der Waals surface area contributed by atoms with Gasteiger partial charge in [0.2, 0.25) is 0 Å². The molecule has 0 aliphatic heterocycles. The normalized spacial score (nSPS) is 30.4. The molecule has 0 heterocycles. The molecule has 1 fully saturated rings. The van der Waals surface area contributed by atoms with Gasteiger partial charge in [0.25, 0.3) is 0 Å². The standard InChI is InChI=1S/C13H25NO2/c1-9(2)14-8-13(15)16-12-6-5-10(3)11(4)7-12/h9-12,14H,5-8H2,1-4H3. The summed E-state index contributed by atoms with van der Waals surface area (Å²) >= 11 is 0. The predicted octanol–water partition coefficient (Wildman–Crippen LogP) is 2.35. The summed E-state index contributed by atoms with van der Waals surface area (Å²) in [5, 5.41) is 3.08. The first-order chi connectivity index (χ1) is 7.49. The Morgan fingerprint density at radius 1 is 1.31 bits per heavy atom. The fourth-order valence-corrected chi connectivity index (χ4v) is 2.12. The smallest absolute Gasteiger partial charge is 0.320 e. The number of rotatable bonds is 4. The Balaban J connectivity index is 2.24. The van der Waals surface area contributed by atoms with Gasteiger partial charge in [0, 0.05) is 6.04 Å². The minimum atomic E-state index is -0.111. The van der Waals surface area contributed by atoms with Crippen molar-refractivity contribution in [3.8, 4) is 0 Å². The van der Waals surface area contributed by atoms with E-state index >= 15 is 0 Å². The van der Waals surface area contributed by atoms with Crippen LogP contribution in [0.1, 0.15) is 47.0 Å². The molecule has 0 saturated heterocycles. The molecule has 0 aromatic heterocycles. The van der Waals surface area contributed by atoms with E-state index in [1.54, 1.807) is 0 Å². The molecular formula is C13H25NO2. The van der Waals surface area contributed by atoms with Gasteiger partial charge >= 0.3 is 5.97 Å². The first kappa shape index (κ1) is 13.5. The van der Waals surface area contributed by atoms with E-state index in [1.165, 1.54) is 6.42 Å². The second-order valence-electron chi connectivity index (χ2n) is 5.42. The molecule has 0 aromatic rings. The number of carbonyl (C=O) groups excluding carboxylic acids is 1. The molecule has 0 spiro atoms. The molecular weight excluding hydrogens is 202 g/mol. The molecule has 3 heteroatoms. The van der Waals surface area contributed by atoms with Gasteiger partial charge in [-0.3, -0.25) is 4.79 Å². The van der Waals surface area contributed by atoms with Gasteiger partial charge in [0.1, 0.15) is 6.10 Å². The molecule has 3 atom stereocenters. The molecule has 16 heavy (non-hydrogen) atoms. The van der Waals surface area contributed by atoms with Gasteiger partial charge < -0.3 is 10.1 Å². The maximum absolute atomic E-state index is 11.5. The van der Waals surface area contributed by atoms with Gasteiger partial charge in [-0.05, 0) is 31.1 Å². The van der Waals surface area contributed by atoms with Crippen LogP contribution in [-0.4, -0.2) is 24.7 Å². The molecule has 1 aliphatic rings. The van der Waals surface area contributed by atoms with Crippen molar-refractivity contribution in [2.45, 2.75) is 59.1 Å². The minimum Gasteiger partial charge on any atom is -0.461 e. The summed E-state index contributed by atoms with van der Waals surface area (Å²) in [6.07, 6.45) is 3.37. The third-order valence-electron chi connectivity index (χ3n) is 3.50. The van der Waals surface area contributed by atoms with E-state index in [1.807, 2.05) is 13.8 Å². The highest BCUT2D eigenvalue weighted by Crippen LogP contribution is 2.30. The zero-order chi connectivity index (χ0) is 12.1. The van der Waals surface area contributed by atoms with E-state index in [4.69, 9.17) is 4.74 Å². The lowest BCUT2D eigenvalue weighted by molar-refractivity contribution is -0.150. The van der Waals surface area contributed by atoms with E-state index in [0.29, 0.717) is 18.5 Å². The Hall–Kier alpha value is -0.570. The van der Waals surface area contributed by atoms with Crippen LogP contribution in [0.15, 0.2) is 0 Å². The van der Waals surface area contributed by atoms with E-state index < -0.39 is 0 Å². The van der Waals surface area contributed by atoms with Crippen molar-refractivity contribution in [1.29, 1.82) is 0 Å². The van der Waals surface area contributed by atoms with E-state index in [0.717, 1.165) is 18.8 Å². The second-order valence-corrected chi connectivity index (χ2v) is 5.42. The van der Waals surface area contributed by atoms with Gasteiger partial charge in [0.05, 0.1) is 6.54 Å². The molecule has 1 N–H and O–H groups in total. The van der Waals surface area contributed by atoms with Crippen LogP contribution < -0.4 is 5.32 Å². The predicted molar refractivity (Wildman–Crippen MR) is 65.2 cm³/mol. The van der Waals surface area contributed by atoms with Gasteiger partial charge in [-0.25, -0.2) is 0 Å². The van der Waals surface area contributed by atoms with Crippen molar-refractivity contribution in [2.75, 3.05) is 6.54 Å². The molecule has 1 rings (SSSR count). The van der Waals surface area contributed by atoms with Crippen molar-refractivity contribution < 1.29 is 9.53 Å². The Kier molecular flexibility index (Phi) is 5.26. The van der Waals surface area contributed by atoms with Crippen molar-refractivity contribution in [2.24, 2.45) is 11.8 Å². The van der Waals surface area contributed by atoms with Gasteiger partial charge in [-0.15, -0.1) is 0 Å². The van der Waals surface area contributed by atoms with Crippen molar-refractivity contribution >= 4 is 5.97 Å². The fourth-order valence-electron chi connectivity index (χ4n) is 2.12. The van der Waals surface area contributed by atoms with Crippen molar-refractivity contribution in [3.05, 3.63) is 0 Å². The Morgan fingerprint density at radius 3 is 2.56 bits per heavy atom. The quantitative estimate of drug-likeness (QED) is 0.749. The lowest BCUT2D eigenvalue weighted by Gasteiger charge is -2.31. The summed E-state index contributed by atoms with van der Waals surface area (Å²) in [6, 6.07) is 0.331. The molecule has 0 bridgehead atoms. The highest BCUT2D eigenvalue weighted by atomic mass is 16.5. The minimum absolute atomic E-state index is 0.111. The summed E-state index contributed by atoms with van der Waals surface area (Å²) in [4.78, 5) is 11.5. The van der Waals surface area contributed by atoms with E-state index in [9.17, 15) is 4.79 Å². The summed E-state index contributed by atoms with van der Waals surface area (Å²) < 4.78 is 5.46.